The maximum Gasteiger partial charge on any atom is 0.0231 e. The lowest BCUT2D eigenvalue weighted by Gasteiger charge is -2.28. The molecule has 2 heteroatoms. The Morgan fingerprint density at radius 1 is 1.22 bits per heavy atom. The molecule has 1 aromatic carbocycles. The molecule has 0 aromatic heterocycles. The van der Waals surface area contributed by atoms with Crippen LogP contribution in [0.15, 0.2) is 18.2 Å². The van der Waals surface area contributed by atoms with Gasteiger partial charge >= 0.3 is 0 Å². The summed E-state index contributed by atoms with van der Waals surface area (Å²) in [6.45, 7) is 7.78. The Labute approximate surface area is 111 Å². The van der Waals surface area contributed by atoms with Gasteiger partial charge in [0.05, 0.1) is 0 Å². The van der Waals surface area contributed by atoms with E-state index in [1.54, 1.807) is 0 Å². The van der Waals surface area contributed by atoms with Crippen LogP contribution in [0.1, 0.15) is 36.0 Å². The summed E-state index contributed by atoms with van der Waals surface area (Å²) in [7, 11) is 2.23. The second-order valence-corrected chi connectivity index (χ2v) is 5.76. The van der Waals surface area contributed by atoms with Crippen LogP contribution in [0, 0.1) is 13.8 Å². The van der Waals surface area contributed by atoms with Crippen molar-refractivity contribution in [3.8, 4) is 0 Å². The molecule has 1 N–H and O–H groups in total. The predicted molar refractivity (Wildman–Crippen MR) is 77.9 cm³/mol. The Morgan fingerprint density at radius 2 is 2.06 bits per heavy atom. The molecule has 0 spiro atoms. The van der Waals surface area contributed by atoms with Crippen LogP contribution < -0.4 is 5.32 Å². The van der Waals surface area contributed by atoms with Crippen molar-refractivity contribution in [2.75, 3.05) is 20.1 Å². The second-order valence-electron chi connectivity index (χ2n) is 5.76. The fourth-order valence-corrected chi connectivity index (χ4v) is 2.73. The van der Waals surface area contributed by atoms with Gasteiger partial charge in [-0.1, -0.05) is 24.6 Å². The zero-order valence-electron chi connectivity index (χ0n) is 12.0. The molecule has 0 bridgehead atoms. The number of benzene rings is 1. The minimum Gasteiger partial charge on any atom is -0.313 e. The lowest BCUT2D eigenvalue weighted by molar-refractivity contribution is 0.256. The summed E-state index contributed by atoms with van der Waals surface area (Å²) in [6.07, 6.45) is 4.06. The number of hydrogen-bond donors (Lipinski definition) is 1. The van der Waals surface area contributed by atoms with E-state index < -0.39 is 0 Å². The van der Waals surface area contributed by atoms with Crippen molar-refractivity contribution in [3.05, 3.63) is 34.9 Å². The lowest BCUT2D eigenvalue weighted by Crippen LogP contribution is -2.42. The Bertz CT molecular complexity index is 381. The van der Waals surface area contributed by atoms with Crippen LogP contribution in [0.4, 0.5) is 0 Å². The average Bonchev–Trinajstić information content (AvgIpc) is 2.35. The number of nitrogens with zero attached hydrogens (tertiary/aromatic N) is 1. The molecule has 1 atom stereocenters. The van der Waals surface area contributed by atoms with Crippen LogP contribution in [0.2, 0.25) is 0 Å². The van der Waals surface area contributed by atoms with Gasteiger partial charge < -0.3 is 10.2 Å². The summed E-state index contributed by atoms with van der Waals surface area (Å²) in [4.78, 5) is 2.44. The largest absolute Gasteiger partial charge is 0.313 e. The maximum absolute atomic E-state index is 3.61. The number of aryl methyl sites for hydroxylation is 2. The second kappa shape index (κ2) is 6.35. The quantitative estimate of drug-likeness (QED) is 0.879. The van der Waals surface area contributed by atoms with E-state index in [0.29, 0.717) is 6.04 Å². The third-order valence-corrected chi connectivity index (χ3v) is 3.97. The highest BCUT2D eigenvalue weighted by Crippen LogP contribution is 2.13. The molecule has 1 aliphatic rings. The van der Waals surface area contributed by atoms with E-state index in [0.717, 1.165) is 13.1 Å². The van der Waals surface area contributed by atoms with Gasteiger partial charge in [-0.2, -0.15) is 0 Å². The minimum absolute atomic E-state index is 0.690. The number of hydrogen-bond acceptors (Lipinski definition) is 2. The molecule has 1 aliphatic heterocycles. The van der Waals surface area contributed by atoms with Crippen LogP contribution in [-0.4, -0.2) is 31.1 Å². The average molecular weight is 246 g/mol. The number of piperidine rings is 1. The standard InChI is InChI=1S/C16H26N2/c1-13-7-8-15(10-14(13)2)11-18(3)12-16-6-4-5-9-17-16/h7-8,10,16-17H,4-6,9,11-12H2,1-3H3. The van der Waals surface area contributed by atoms with Crippen LogP contribution in [0.5, 0.6) is 0 Å². The summed E-state index contributed by atoms with van der Waals surface area (Å²) in [6, 6.07) is 7.50. The van der Waals surface area contributed by atoms with Gasteiger partial charge in [0.1, 0.15) is 0 Å². The smallest absolute Gasteiger partial charge is 0.0231 e. The van der Waals surface area contributed by atoms with Gasteiger partial charge in [-0.15, -0.1) is 0 Å². The fraction of sp³-hybridized carbons (Fsp3) is 0.625. The number of nitrogens with one attached hydrogen (secondary N) is 1. The third-order valence-electron chi connectivity index (χ3n) is 3.97. The Morgan fingerprint density at radius 3 is 2.72 bits per heavy atom. The molecule has 0 amide bonds. The van der Waals surface area contributed by atoms with Crippen LogP contribution in [0.3, 0.4) is 0 Å². The molecule has 1 unspecified atom stereocenters. The van der Waals surface area contributed by atoms with Crippen LogP contribution in [0.25, 0.3) is 0 Å². The summed E-state index contributed by atoms with van der Waals surface area (Å²) in [5, 5.41) is 3.61. The zero-order valence-corrected chi connectivity index (χ0v) is 12.0. The molecular formula is C16H26N2. The van der Waals surface area contributed by atoms with Crippen molar-refractivity contribution in [3.63, 3.8) is 0 Å². The molecule has 1 aromatic rings. The first-order valence-corrected chi connectivity index (χ1v) is 7.13. The molecule has 18 heavy (non-hydrogen) atoms. The first kappa shape index (κ1) is 13.6. The normalized spacial score (nSPS) is 20.3. The third kappa shape index (κ3) is 3.82. The summed E-state index contributed by atoms with van der Waals surface area (Å²) in [5.41, 5.74) is 4.21. The predicted octanol–water partition coefficient (Wildman–Crippen LogP) is 2.88. The molecule has 0 aliphatic carbocycles. The minimum atomic E-state index is 0.690. The van der Waals surface area contributed by atoms with Crippen molar-refractivity contribution in [1.82, 2.24) is 10.2 Å². The van der Waals surface area contributed by atoms with Gasteiger partial charge in [0, 0.05) is 19.1 Å². The molecule has 1 heterocycles. The van der Waals surface area contributed by atoms with Crippen molar-refractivity contribution in [2.45, 2.75) is 45.7 Å². The number of rotatable bonds is 4. The van der Waals surface area contributed by atoms with Crippen LogP contribution in [-0.2, 0) is 6.54 Å². The molecular weight excluding hydrogens is 220 g/mol. The monoisotopic (exact) mass is 246 g/mol. The number of likely N-dealkylation sites (N-methyl/N-ethyl adjacent to an activating group) is 1. The maximum atomic E-state index is 3.61. The van der Waals surface area contributed by atoms with E-state index in [4.69, 9.17) is 0 Å². The van der Waals surface area contributed by atoms with Crippen molar-refractivity contribution in [2.24, 2.45) is 0 Å². The molecule has 0 saturated carbocycles. The molecule has 2 rings (SSSR count). The first-order chi connectivity index (χ1) is 8.65. The molecule has 2 nitrogen and oxygen atoms in total. The van der Waals surface area contributed by atoms with Crippen molar-refractivity contribution in [1.29, 1.82) is 0 Å². The van der Waals surface area contributed by atoms with E-state index in [1.807, 2.05) is 0 Å². The highest BCUT2D eigenvalue weighted by Gasteiger charge is 2.14. The SMILES string of the molecule is Cc1ccc(CN(C)CC2CCCCN2)cc1C. The van der Waals surface area contributed by atoms with Gasteiger partial charge in [0.15, 0.2) is 0 Å². The summed E-state index contributed by atoms with van der Waals surface area (Å²) >= 11 is 0. The lowest BCUT2D eigenvalue weighted by atomic mass is 10.0. The van der Waals surface area contributed by atoms with Crippen molar-refractivity contribution < 1.29 is 0 Å². The van der Waals surface area contributed by atoms with E-state index in [1.165, 1.54) is 42.5 Å². The zero-order chi connectivity index (χ0) is 13.0. The van der Waals surface area contributed by atoms with Gasteiger partial charge in [-0.3, -0.25) is 0 Å². The summed E-state index contributed by atoms with van der Waals surface area (Å²) in [5.74, 6) is 0. The fourth-order valence-electron chi connectivity index (χ4n) is 2.73. The molecule has 100 valence electrons. The highest BCUT2D eigenvalue weighted by atomic mass is 15.1. The van der Waals surface area contributed by atoms with Gasteiger partial charge in [0.2, 0.25) is 0 Å². The first-order valence-electron chi connectivity index (χ1n) is 7.13. The Kier molecular flexibility index (Phi) is 4.79. The van der Waals surface area contributed by atoms with E-state index in [9.17, 15) is 0 Å². The molecule has 0 radical (unpaired) electrons. The highest BCUT2D eigenvalue weighted by molar-refractivity contribution is 5.29. The van der Waals surface area contributed by atoms with Gasteiger partial charge in [-0.25, -0.2) is 0 Å². The van der Waals surface area contributed by atoms with Crippen LogP contribution >= 0.6 is 0 Å². The Hall–Kier alpha value is -0.860. The van der Waals surface area contributed by atoms with Crippen molar-refractivity contribution >= 4 is 0 Å². The molecule has 1 saturated heterocycles. The van der Waals surface area contributed by atoms with E-state index in [2.05, 4.69) is 49.3 Å². The van der Waals surface area contributed by atoms with Gasteiger partial charge in [0.25, 0.3) is 0 Å². The van der Waals surface area contributed by atoms with E-state index in [-0.39, 0.29) is 0 Å². The Balaban J connectivity index is 1.85. The summed E-state index contributed by atoms with van der Waals surface area (Å²) < 4.78 is 0. The molecule has 1 fully saturated rings. The topological polar surface area (TPSA) is 15.3 Å². The van der Waals surface area contributed by atoms with E-state index >= 15 is 0 Å². The van der Waals surface area contributed by atoms with Gasteiger partial charge in [-0.05, 0) is 57.0 Å².